The Kier molecular flexibility index (Phi) is 5.83. The second-order valence-corrected chi connectivity index (χ2v) is 5.77. The van der Waals surface area contributed by atoms with E-state index in [1.165, 1.54) is 0 Å². The molecule has 26 heavy (non-hydrogen) atoms. The maximum Gasteiger partial charge on any atom is 0.252 e. The molecular formula is C18H16ClN3O4. The highest BCUT2D eigenvalue weighted by molar-refractivity contribution is 6.31. The van der Waals surface area contributed by atoms with Crippen molar-refractivity contribution in [2.45, 2.75) is 13.5 Å². The number of ether oxygens (including phenoxy) is 2. The molecule has 1 N–H and O–H groups in total. The summed E-state index contributed by atoms with van der Waals surface area (Å²) >= 11 is 6.02. The Balaban J connectivity index is 1.60. The van der Waals surface area contributed by atoms with Crippen LogP contribution in [0.25, 0.3) is 0 Å². The van der Waals surface area contributed by atoms with E-state index < -0.39 is 0 Å². The van der Waals surface area contributed by atoms with E-state index >= 15 is 0 Å². The van der Waals surface area contributed by atoms with Gasteiger partial charge in [0, 0.05) is 5.02 Å². The van der Waals surface area contributed by atoms with Crippen LogP contribution in [0.5, 0.6) is 11.5 Å². The number of amides is 1. The number of benzene rings is 2. The molecule has 1 heterocycles. The maximum atomic E-state index is 12.1. The number of hydrogen-bond donors (Lipinski definition) is 1. The molecule has 0 saturated carbocycles. The van der Waals surface area contributed by atoms with Crippen molar-refractivity contribution >= 4 is 23.2 Å². The van der Waals surface area contributed by atoms with Gasteiger partial charge in [0.2, 0.25) is 5.91 Å². The summed E-state index contributed by atoms with van der Waals surface area (Å²) in [5.41, 5.74) is 0.448. The van der Waals surface area contributed by atoms with Crippen molar-refractivity contribution in [3.05, 3.63) is 65.3 Å². The van der Waals surface area contributed by atoms with E-state index in [9.17, 15) is 4.79 Å². The Morgan fingerprint density at radius 2 is 2.04 bits per heavy atom. The van der Waals surface area contributed by atoms with Crippen molar-refractivity contribution in [2.75, 3.05) is 11.9 Å². The predicted octanol–water partition coefficient (Wildman–Crippen LogP) is 3.98. The van der Waals surface area contributed by atoms with Crippen LogP contribution in [-0.2, 0) is 16.1 Å². The summed E-state index contributed by atoms with van der Waals surface area (Å²) in [7, 11) is 0. The van der Waals surface area contributed by atoms with Crippen LogP contribution in [0, 0.1) is 6.92 Å². The van der Waals surface area contributed by atoms with Gasteiger partial charge in [-0.1, -0.05) is 35.0 Å². The fraction of sp³-hybridized carbons (Fsp3) is 0.167. The molecule has 0 unspecified atom stereocenters. The number of aryl methyl sites for hydroxylation is 1. The second-order valence-electron chi connectivity index (χ2n) is 5.33. The molecule has 134 valence electrons. The molecule has 0 saturated heterocycles. The lowest BCUT2D eigenvalue weighted by Gasteiger charge is -2.12. The van der Waals surface area contributed by atoms with Gasteiger partial charge in [0.1, 0.15) is 19.0 Å². The number of rotatable bonds is 7. The van der Waals surface area contributed by atoms with Crippen molar-refractivity contribution in [2.24, 2.45) is 0 Å². The number of halogens is 1. The summed E-state index contributed by atoms with van der Waals surface area (Å²) in [6.07, 6.45) is 0. The minimum atomic E-state index is -0.360. The lowest BCUT2D eigenvalue weighted by atomic mass is 10.2. The van der Waals surface area contributed by atoms with E-state index in [1.807, 2.05) is 30.3 Å². The Morgan fingerprint density at radius 1 is 1.23 bits per heavy atom. The van der Waals surface area contributed by atoms with Crippen LogP contribution in [0.15, 0.2) is 53.1 Å². The van der Waals surface area contributed by atoms with Crippen LogP contribution >= 0.6 is 11.6 Å². The van der Waals surface area contributed by atoms with Crippen molar-refractivity contribution in [3.8, 4) is 11.5 Å². The van der Waals surface area contributed by atoms with Gasteiger partial charge in [-0.25, -0.2) is 0 Å². The fourth-order valence-corrected chi connectivity index (χ4v) is 2.29. The minimum absolute atomic E-state index is 0.0528. The standard InChI is InChI=1S/C18H16ClN3O4/c1-12-20-18(26-22-12)11-24-10-17(23)21-15-9-13(19)7-8-16(15)25-14-5-3-2-4-6-14/h2-9H,10-11H2,1H3,(H,21,23). The van der Waals surface area contributed by atoms with Gasteiger partial charge < -0.3 is 19.3 Å². The highest BCUT2D eigenvalue weighted by atomic mass is 35.5. The van der Waals surface area contributed by atoms with Gasteiger partial charge in [-0.15, -0.1) is 0 Å². The smallest absolute Gasteiger partial charge is 0.252 e. The van der Waals surface area contributed by atoms with Crippen molar-refractivity contribution < 1.29 is 18.8 Å². The number of nitrogens with zero attached hydrogens (tertiary/aromatic N) is 2. The molecule has 2 aromatic carbocycles. The summed E-state index contributed by atoms with van der Waals surface area (Å²) in [6.45, 7) is 1.57. The van der Waals surface area contributed by atoms with E-state index in [0.717, 1.165) is 0 Å². The van der Waals surface area contributed by atoms with Gasteiger partial charge in [0.15, 0.2) is 11.6 Å². The first-order chi connectivity index (χ1) is 12.6. The molecule has 8 heteroatoms. The van der Waals surface area contributed by atoms with Gasteiger partial charge >= 0.3 is 0 Å². The first kappa shape index (κ1) is 17.9. The number of carbonyl (C=O) groups excluding carboxylic acids is 1. The molecular weight excluding hydrogens is 358 g/mol. The molecule has 3 rings (SSSR count). The summed E-state index contributed by atoms with van der Waals surface area (Å²) in [5.74, 6) is 1.58. The van der Waals surface area contributed by atoms with Crippen LogP contribution in [-0.4, -0.2) is 22.7 Å². The zero-order valence-corrected chi connectivity index (χ0v) is 14.7. The third-order valence-electron chi connectivity index (χ3n) is 3.22. The van der Waals surface area contributed by atoms with E-state index in [-0.39, 0.29) is 19.1 Å². The van der Waals surface area contributed by atoms with Gasteiger partial charge in [-0.05, 0) is 37.3 Å². The molecule has 1 aromatic heterocycles. The largest absolute Gasteiger partial charge is 0.455 e. The third-order valence-corrected chi connectivity index (χ3v) is 3.45. The topological polar surface area (TPSA) is 86.5 Å². The highest BCUT2D eigenvalue weighted by Gasteiger charge is 2.11. The van der Waals surface area contributed by atoms with Crippen LogP contribution in [0.3, 0.4) is 0 Å². The monoisotopic (exact) mass is 373 g/mol. The molecule has 0 bridgehead atoms. The number of aromatic nitrogens is 2. The van der Waals surface area contributed by atoms with Crippen LogP contribution in [0.2, 0.25) is 5.02 Å². The number of anilines is 1. The summed E-state index contributed by atoms with van der Waals surface area (Å²) in [5, 5.41) is 6.84. The Morgan fingerprint density at radius 3 is 2.77 bits per heavy atom. The molecule has 0 aliphatic heterocycles. The van der Waals surface area contributed by atoms with Gasteiger partial charge in [-0.3, -0.25) is 4.79 Å². The summed E-state index contributed by atoms with van der Waals surface area (Å²) in [4.78, 5) is 16.1. The maximum absolute atomic E-state index is 12.1. The van der Waals surface area contributed by atoms with Gasteiger partial charge in [-0.2, -0.15) is 4.98 Å². The first-order valence-electron chi connectivity index (χ1n) is 7.79. The number of hydrogen-bond acceptors (Lipinski definition) is 6. The number of nitrogens with one attached hydrogen (secondary N) is 1. The van der Waals surface area contributed by atoms with Crippen LogP contribution < -0.4 is 10.1 Å². The summed E-state index contributed by atoms with van der Waals surface area (Å²) < 4.78 is 16.0. The Labute approximate surface area is 154 Å². The molecule has 3 aromatic rings. The molecule has 0 radical (unpaired) electrons. The average molecular weight is 374 g/mol. The Bertz CT molecular complexity index is 883. The predicted molar refractivity (Wildman–Crippen MR) is 95.3 cm³/mol. The fourth-order valence-electron chi connectivity index (χ4n) is 2.12. The van der Waals surface area contributed by atoms with Crippen LogP contribution in [0.1, 0.15) is 11.7 Å². The molecule has 0 aliphatic carbocycles. The highest BCUT2D eigenvalue weighted by Crippen LogP contribution is 2.31. The average Bonchev–Trinajstić information content (AvgIpc) is 3.03. The molecule has 0 fully saturated rings. The second kappa shape index (κ2) is 8.46. The third kappa shape index (κ3) is 5.05. The molecule has 0 aliphatic rings. The van der Waals surface area contributed by atoms with E-state index in [2.05, 4.69) is 15.5 Å². The zero-order chi connectivity index (χ0) is 18.4. The van der Waals surface area contributed by atoms with Gasteiger partial charge in [0.25, 0.3) is 5.89 Å². The lowest BCUT2D eigenvalue weighted by molar-refractivity contribution is -0.121. The summed E-state index contributed by atoms with van der Waals surface area (Å²) in [6, 6.07) is 14.2. The first-order valence-corrected chi connectivity index (χ1v) is 8.17. The quantitative estimate of drug-likeness (QED) is 0.674. The number of carbonyl (C=O) groups is 1. The van der Waals surface area contributed by atoms with E-state index in [1.54, 1.807) is 25.1 Å². The van der Waals surface area contributed by atoms with E-state index in [4.69, 9.17) is 25.6 Å². The molecule has 1 amide bonds. The minimum Gasteiger partial charge on any atom is -0.455 e. The van der Waals surface area contributed by atoms with E-state index in [0.29, 0.717) is 33.9 Å². The zero-order valence-electron chi connectivity index (χ0n) is 13.9. The van der Waals surface area contributed by atoms with Crippen molar-refractivity contribution in [3.63, 3.8) is 0 Å². The van der Waals surface area contributed by atoms with Gasteiger partial charge in [0.05, 0.1) is 5.69 Å². The van der Waals surface area contributed by atoms with Crippen LogP contribution in [0.4, 0.5) is 5.69 Å². The number of para-hydroxylation sites is 1. The SMILES string of the molecule is Cc1noc(COCC(=O)Nc2cc(Cl)ccc2Oc2ccccc2)n1. The van der Waals surface area contributed by atoms with Crippen molar-refractivity contribution in [1.82, 2.24) is 10.1 Å². The molecule has 0 spiro atoms. The van der Waals surface area contributed by atoms with Crippen molar-refractivity contribution in [1.29, 1.82) is 0 Å². The molecule has 7 nitrogen and oxygen atoms in total. The Hall–Kier alpha value is -2.90. The normalized spacial score (nSPS) is 10.5. The lowest BCUT2D eigenvalue weighted by Crippen LogP contribution is -2.18. The molecule has 0 atom stereocenters.